The molecule has 1 aliphatic carbocycles. The molecule has 2 amide bonds. The predicted molar refractivity (Wildman–Crippen MR) is 208 cm³/mol. The van der Waals surface area contributed by atoms with Gasteiger partial charge in [0.15, 0.2) is 17.0 Å². The number of hydrogen-bond acceptors (Lipinski definition) is 11. The first kappa shape index (κ1) is 35.6. The molecule has 6 aromatic rings. The summed E-state index contributed by atoms with van der Waals surface area (Å²) in [5, 5.41) is 37.3. The summed E-state index contributed by atoms with van der Waals surface area (Å²) in [4.78, 5) is 44.1. The van der Waals surface area contributed by atoms with Crippen LogP contribution in [0, 0.1) is 6.92 Å². The minimum absolute atomic E-state index is 0.0116. The van der Waals surface area contributed by atoms with Crippen LogP contribution in [0.25, 0.3) is 21.4 Å². The number of carbonyl (C=O) groups is 2. The molecule has 0 bridgehead atoms. The number of hydrogen-bond donors (Lipinski definition) is 5. The number of rotatable bonds is 11. The quantitative estimate of drug-likeness (QED) is 0.131. The first-order valence-corrected chi connectivity index (χ1v) is 19.2. The lowest BCUT2D eigenvalue weighted by molar-refractivity contribution is -0.122. The average molecular weight is 749 g/mol. The molecule has 0 radical (unpaired) electrons. The number of fused-ring (bicyclic) bond motifs is 2. The fourth-order valence-corrected chi connectivity index (χ4v) is 8.81. The Labute approximate surface area is 316 Å². The van der Waals surface area contributed by atoms with E-state index in [4.69, 9.17) is 15.0 Å². The van der Waals surface area contributed by atoms with Gasteiger partial charge in [-0.2, -0.15) is 15.1 Å². The summed E-state index contributed by atoms with van der Waals surface area (Å²) in [5.74, 6) is 0.700. The molecule has 14 nitrogen and oxygen atoms in total. The number of aliphatic hydroxyl groups excluding tert-OH is 2. The van der Waals surface area contributed by atoms with Gasteiger partial charge >= 0.3 is 0 Å². The average Bonchev–Trinajstić information content (AvgIpc) is 4.02. The number of benzene rings is 2. The maximum atomic E-state index is 13.4. The molecule has 2 aliphatic rings. The number of aryl methyl sites for hydroxylation is 2. The van der Waals surface area contributed by atoms with Crippen molar-refractivity contribution in [3.8, 4) is 0 Å². The van der Waals surface area contributed by atoms with Crippen molar-refractivity contribution in [3.63, 3.8) is 0 Å². The van der Waals surface area contributed by atoms with Crippen LogP contribution < -0.4 is 20.9 Å². The van der Waals surface area contributed by atoms with Crippen LogP contribution in [0.3, 0.4) is 0 Å². The van der Waals surface area contributed by atoms with Crippen molar-refractivity contribution in [1.29, 1.82) is 0 Å². The number of nitrogens with one attached hydrogen (secondary N) is 3. The van der Waals surface area contributed by atoms with Crippen LogP contribution in [0.5, 0.6) is 0 Å². The standard InChI is InChI=1S/C39H44N10O4S/c1-4-31(50)43-28-18-29(34(52)33(28)51)49-21-41-32-35(40-19-27(23-11-7-5-8-12-23)24-13-9-6-10-14-24)44-39(45-36(32)49)48-16-15-25(20-48)42-37(53)30-17-26-22(2)46-47(3)38(26)54-30/h5-14,17,21,25,27-29,33-34,51-52H,4,15-16,18-20H2,1-3H3,(H,42,53)(H,43,50)(H,40,44,45)/t25-,28+,29-,33-,34+/m1/s1. The molecule has 54 heavy (non-hydrogen) atoms. The summed E-state index contributed by atoms with van der Waals surface area (Å²) in [6.45, 7) is 5.33. The molecule has 1 saturated heterocycles. The van der Waals surface area contributed by atoms with E-state index in [0.29, 0.717) is 60.3 Å². The zero-order valence-corrected chi connectivity index (χ0v) is 31.2. The molecule has 4 aromatic heterocycles. The Bertz CT molecular complexity index is 2220. The summed E-state index contributed by atoms with van der Waals surface area (Å²) < 4.78 is 3.60. The Morgan fingerprint density at radius 1 is 1.00 bits per heavy atom. The van der Waals surface area contributed by atoms with Crippen molar-refractivity contribution in [2.75, 3.05) is 29.9 Å². The maximum absolute atomic E-state index is 13.4. The molecule has 0 unspecified atom stereocenters. The van der Waals surface area contributed by atoms with E-state index in [2.05, 4.69) is 50.2 Å². The molecule has 2 fully saturated rings. The van der Waals surface area contributed by atoms with Crippen molar-refractivity contribution in [1.82, 2.24) is 39.9 Å². The van der Waals surface area contributed by atoms with E-state index >= 15 is 0 Å². The van der Waals surface area contributed by atoms with E-state index in [1.807, 2.05) is 61.1 Å². The van der Waals surface area contributed by atoms with Crippen molar-refractivity contribution >= 4 is 56.3 Å². The molecule has 280 valence electrons. The molecule has 5 atom stereocenters. The Hall–Kier alpha value is -5.38. The van der Waals surface area contributed by atoms with Crippen molar-refractivity contribution in [3.05, 3.63) is 94.8 Å². The van der Waals surface area contributed by atoms with Gasteiger partial charge in [0, 0.05) is 50.4 Å². The molecule has 5 N–H and O–H groups in total. The third-order valence-electron chi connectivity index (χ3n) is 10.7. The second-order valence-electron chi connectivity index (χ2n) is 14.2. The molecule has 2 aromatic carbocycles. The van der Waals surface area contributed by atoms with Crippen LogP contribution in [0.15, 0.2) is 73.1 Å². The summed E-state index contributed by atoms with van der Waals surface area (Å²) in [7, 11) is 1.88. The van der Waals surface area contributed by atoms with E-state index in [1.54, 1.807) is 17.8 Å². The number of aromatic nitrogens is 6. The molecular weight excluding hydrogens is 705 g/mol. The Balaban J connectivity index is 1.10. The lowest BCUT2D eigenvalue weighted by atomic mass is 9.91. The summed E-state index contributed by atoms with van der Waals surface area (Å²) >= 11 is 1.43. The van der Waals surface area contributed by atoms with Crippen LogP contribution in [0.2, 0.25) is 0 Å². The Morgan fingerprint density at radius 2 is 1.72 bits per heavy atom. The molecule has 5 heterocycles. The van der Waals surface area contributed by atoms with Crippen molar-refractivity contribution < 1.29 is 19.8 Å². The van der Waals surface area contributed by atoms with Gasteiger partial charge in [-0.15, -0.1) is 11.3 Å². The van der Waals surface area contributed by atoms with Gasteiger partial charge in [-0.1, -0.05) is 67.6 Å². The number of amides is 2. The predicted octanol–water partition coefficient (Wildman–Crippen LogP) is 3.90. The number of anilines is 2. The largest absolute Gasteiger partial charge is 0.388 e. The van der Waals surface area contributed by atoms with Gasteiger partial charge in [-0.25, -0.2) is 4.98 Å². The summed E-state index contributed by atoms with van der Waals surface area (Å²) in [6, 6.07) is 21.2. The van der Waals surface area contributed by atoms with Crippen LogP contribution in [-0.4, -0.2) is 95.3 Å². The SMILES string of the molecule is CCC(=O)N[C@H]1C[C@@H](n2cnc3c(NCC(c4ccccc4)c4ccccc4)nc(N4CC[C@@H](NC(=O)c5cc6c(C)nn(C)c6s5)C4)nc32)[C@H](O)[C@@H]1O. The molecule has 15 heteroatoms. The van der Waals surface area contributed by atoms with E-state index in [1.165, 1.54) is 11.3 Å². The first-order valence-electron chi connectivity index (χ1n) is 18.4. The maximum Gasteiger partial charge on any atom is 0.261 e. The van der Waals surface area contributed by atoms with Crippen molar-refractivity contribution in [2.45, 2.75) is 69.4 Å². The van der Waals surface area contributed by atoms with Crippen LogP contribution in [0.4, 0.5) is 11.8 Å². The highest BCUT2D eigenvalue weighted by molar-refractivity contribution is 7.20. The fourth-order valence-electron chi connectivity index (χ4n) is 7.78. The van der Waals surface area contributed by atoms with E-state index < -0.39 is 24.3 Å². The number of thiophene rings is 1. The lowest BCUT2D eigenvalue weighted by Crippen LogP contribution is -2.42. The second kappa shape index (κ2) is 14.8. The van der Waals surface area contributed by atoms with Gasteiger partial charge in [-0.3, -0.25) is 14.3 Å². The third kappa shape index (κ3) is 6.78. The lowest BCUT2D eigenvalue weighted by Gasteiger charge is -2.22. The van der Waals surface area contributed by atoms with E-state index in [9.17, 15) is 19.8 Å². The van der Waals surface area contributed by atoms with Gasteiger partial charge in [0.1, 0.15) is 17.0 Å². The summed E-state index contributed by atoms with van der Waals surface area (Å²) in [5.41, 5.74) is 4.22. The number of nitrogens with zero attached hydrogens (tertiary/aromatic N) is 7. The highest BCUT2D eigenvalue weighted by Gasteiger charge is 2.44. The monoisotopic (exact) mass is 748 g/mol. The summed E-state index contributed by atoms with van der Waals surface area (Å²) in [6.07, 6.45) is 0.603. The molecule has 1 saturated carbocycles. The highest BCUT2D eigenvalue weighted by Crippen LogP contribution is 2.36. The number of imidazole rings is 1. The fraction of sp³-hybridized carbons (Fsp3) is 0.385. The zero-order chi connectivity index (χ0) is 37.5. The first-order chi connectivity index (χ1) is 26.2. The van der Waals surface area contributed by atoms with Gasteiger partial charge < -0.3 is 35.6 Å². The highest BCUT2D eigenvalue weighted by atomic mass is 32.1. The van der Waals surface area contributed by atoms with Gasteiger partial charge in [0.05, 0.1) is 29.0 Å². The zero-order valence-electron chi connectivity index (χ0n) is 30.4. The second-order valence-corrected chi connectivity index (χ2v) is 15.2. The molecule has 0 spiro atoms. The molecule has 1 aliphatic heterocycles. The van der Waals surface area contributed by atoms with Crippen molar-refractivity contribution in [2.24, 2.45) is 7.05 Å². The van der Waals surface area contributed by atoms with Gasteiger partial charge in [0.2, 0.25) is 11.9 Å². The smallest absolute Gasteiger partial charge is 0.261 e. The Kier molecular flexibility index (Phi) is 9.77. The van der Waals surface area contributed by atoms with Gasteiger partial charge in [-0.05, 0) is 37.0 Å². The van der Waals surface area contributed by atoms with E-state index in [-0.39, 0.29) is 30.2 Å². The normalized spacial score (nSPS) is 21.4. The third-order valence-corrected chi connectivity index (χ3v) is 11.9. The van der Waals surface area contributed by atoms with Crippen LogP contribution in [0.1, 0.15) is 64.6 Å². The minimum Gasteiger partial charge on any atom is -0.388 e. The molecular formula is C39H44N10O4S. The topological polar surface area (TPSA) is 175 Å². The van der Waals surface area contributed by atoms with Crippen LogP contribution >= 0.6 is 11.3 Å². The van der Waals surface area contributed by atoms with Crippen LogP contribution in [-0.2, 0) is 11.8 Å². The molecule has 8 rings (SSSR count). The van der Waals surface area contributed by atoms with E-state index in [0.717, 1.165) is 27.0 Å². The number of aliphatic hydroxyl groups is 2. The number of carbonyl (C=O) groups excluding carboxylic acids is 2. The Morgan fingerprint density at radius 3 is 2.41 bits per heavy atom. The van der Waals surface area contributed by atoms with Gasteiger partial charge in [0.25, 0.3) is 5.91 Å². The minimum atomic E-state index is -1.15.